The second-order valence-corrected chi connectivity index (χ2v) is 6.54. The Morgan fingerprint density at radius 3 is 2.52 bits per heavy atom. The Morgan fingerprint density at radius 2 is 1.93 bits per heavy atom. The van der Waals surface area contributed by atoms with E-state index in [0.717, 1.165) is 16.9 Å². The van der Waals surface area contributed by atoms with Crippen molar-refractivity contribution in [1.82, 2.24) is 9.88 Å². The Kier molecular flexibility index (Phi) is 7.30. The van der Waals surface area contributed by atoms with Gasteiger partial charge in [-0.1, -0.05) is 41.7 Å². The van der Waals surface area contributed by atoms with Gasteiger partial charge in [-0.25, -0.2) is 4.79 Å². The first-order chi connectivity index (χ1) is 12.9. The number of carbonyl (C=O) groups is 3. The highest BCUT2D eigenvalue weighted by Crippen LogP contribution is 2.05. The topological polar surface area (TPSA) is 104 Å². The summed E-state index contributed by atoms with van der Waals surface area (Å²) in [6, 6.07) is 8.23. The molecule has 8 nitrogen and oxygen atoms in total. The van der Waals surface area contributed by atoms with Gasteiger partial charge in [-0.15, -0.1) is 0 Å². The molecule has 0 radical (unpaired) electrons. The van der Waals surface area contributed by atoms with Crippen LogP contribution < -0.4 is 10.2 Å². The third-order valence-corrected chi connectivity index (χ3v) is 4.61. The second-order valence-electron chi connectivity index (χ2n) is 5.72. The van der Waals surface area contributed by atoms with E-state index in [4.69, 9.17) is 9.47 Å². The lowest BCUT2D eigenvalue weighted by Crippen LogP contribution is -2.44. The summed E-state index contributed by atoms with van der Waals surface area (Å²) < 4.78 is 10.9. The van der Waals surface area contributed by atoms with E-state index in [1.165, 1.54) is 11.7 Å². The number of esters is 2. The zero-order valence-corrected chi connectivity index (χ0v) is 15.8. The Morgan fingerprint density at radius 1 is 1.22 bits per heavy atom. The molecule has 144 valence electrons. The van der Waals surface area contributed by atoms with E-state index in [1.54, 1.807) is 12.3 Å². The van der Waals surface area contributed by atoms with Crippen LogP contribution >= 0.6 is 11.3 Å². The first-order valence-electron chi connectivity index (χ1n) is 8.12. The molecule has 9 heteroatoms. The van der Waals surface area contributed by atoms with E-state index in [1.807, 2.05) is 30.3 Å². The summed E-state index contributed by atoms with van der Waals surface area (Å²) in [5.74, 6) is -1.95. The number of hydrogen-bond donors (Lipinski definition) is 1. The van der Waals surface area contributed by atoms with Crippen molar-refractivity contribution >= 4 is 29.2 Å². The average molecular weight is 392 g/mol. The fraction of sp³-hybridized carbons (Fsp3) is 0.333. The number of thiazole rings is 1. The van der Waals surface area contributed by atoms with Crippen molar-refractivity contribution < 1.29 is 23.9 Å². The largest absolute Gasteiger partial charge is 0.467 e. The Hall–Kier alpha value is -2.94. The number of nitrogens with one attached hydrogen (secondary N) is 1. The van der Waals surface area contributed by atoms with Crippen LogP contribution in [-0.4, -0.2) is 42.2 Å². The van der Waals surface area contributed by atoms with Crippen LogP contribution in [0.15, 0.2) is 40.5 Å². The molecule has 1 aromatic heterocycles. The number of amides is 1. The van der Waals surface area contributed by atoms with Crippen molar-refractivity contribution in [2.75, 3.05) is 13.7 Å². The van der Waals surface area contributed by atoms with E-state index in [9.17, 15) is 19.2 Å². The minimum absolute atomic E-state index is 0.247. The zero-order valence-electron chi connectivity index (χ0n) is 15.0. The van der Waals surface area contributed by atoms with Crippen molar-refractivity contribution in [3.8, 4) is 0 Å². The van der Waals surface area contributed by atoms with Crippen LogP contribution in [0.25, 0.3) is 0 Å². The normalized spacial score (nSPS) is 11.5. The number of carbonyl (C=O) groups excluding carboxylic acids is 3. The zero-order chi connectivity index (χ0) is 19.8. The lowest BCUT2D eigenvalue weighted by atomic mass is 10.1. The van der Waals surface area contributed by atoms with Gasteiger partial charge in [0.05, 0.1) is 7.11 Å². The summed E-state index contributed by atoms with van der Waals surface area (Å²) in [6.07, 6.45) is 0.247. The molecule has 2 aromatic rings. The van der Waals surface area contributed by atoms with Crippen LogP contribution in [0.1, 0.15) is 11.3 Å². The summed E-state index contributed by atoms with van der Waals surface area (Å²) in [6.45, 7) is 0.868. The molecule has 1 atom stereocenters. The molecule has 0 saturated heterocycles. The minimum Gasteiger partial charge on any atom is -0.467 e. The van der Waals surface area contributed by atoms with Gasteiger partial charge in [0.1, 0.15) is 12.6 Å². The SMILES string of the molecule is COC(=O)C(Cc1ccccc1)NC(=O)COC(=O)Cn1c(C)csc1=O. The standard InChI is InChI=1S/C18H20N2O6S/c1-12-11-27-18(24)20(12)9-16(22)26-10-15(21)19-14(17(23)25-2)8-13-6-4-3-5-7-13/h3-7,11,14H,8-10H2,1-2H3,(H,19,21). The van der Waals surface area contributed by atoms with Gasteiger partial charge in [0.25, 0.3) is 5.91 Å². The van der Waals surface area contributed by atoms with E-state index in [0.29, 0.717) is 5.69 Å². The highest BCUT2D eigenvalue weighted by Gasteiger charge is 2.22. The van der Waals surface area contributed by atoms with Crippen LogP contribution in [0.3, 0.4) is 0 Å². The maximum absolute atomic E-state index is 12.0. The molecule has 0 spiro atoms. The summed E-state index contributed by atoms with van der Waals surface area (Å²) in [4.78, 5) is 47.1. The van der Waals surface area contributed by atoms with Crippen LogP contribution in [0.4, 0.5) is 0 Å². The van der Waals surface area contributed by atoms with E-state index in [2.05, 4.69) is 5.32 Å². The molecule has 1 unspecified atom stereocenters. The molecule has 0 fully saturated rings. The van der Waals surface area contributed by atoms with E-state index in [-0.39, 0.29) is 17.8 Å². The molecule has 0 bridgehead atoms. The number of rotatable bonds is 8. The number of hydrogen-bond acceptors (Lipinski definition) is 7. The number of aryl methyl sites for hydroxylation is 1. The average Bonchev–Trinajstić information content (AvgIpc) is 2.98. The highest BCUT2D eigenvalue weighted by atomic mass is 32.1. The number of methoxy groups -OCH3 is 1. The number of benzene rings is 1. The summed E-state index contributed by atoms with van der Waals surface area (Å²) in [5, 5.41) is 4.13. The van der Waals surface area contributed by atoms with Crippen LogP contribution in [0.5, 0.6) is 0 Å². The van der Waals surface area contributed by atoms with Gasteiger partial charge in [-0.05, 0) is 12.5 Å². The van der Waals surface area contributed by atoms with Gasteiger partial charge in [-0.3, -0.25) is 19.0 Å². The molecule has 1 aromatic carbocycles. The molecule has 1 N–H and O–H groups in total. The van der Waals surface area contributed by atoms with Gasteiger partial charge in [0, 0.05) is 17.5 Å². The Labute approximate surface area is 159 Å². The van der Waals surface area contributed by atoms with Gasteiger partial charge in [0.15, 0.2) is 6.61 Å². The van der Waals surface area contributed by atoms with Crippen molar-refractivity contribution in [3.05, 3.63) is 56.6 Å². The molecular weight excluding hydrogens is 372 g/mol. The maximum atomic E-state index is 12.0. The molecule has 1 heterocycles. The first kappa shape index (κ1) is 20.4. The van der Waals surface area contributed by atoms with E-state index >= 15 is 0 Å². The lowest BCUT2D eigenvalue weighted by Gasteiger charge is -2.16. The van der Waals surface area contributed by atoms with E-state index < -0.39 is 30.5 Å². The van der Waals surface area contributed by atoms with Crippen molar-refractivity contribution in [2.24, 2.45) is 0 Å². The first-order valence-corrected chi connectivity index (χ1v) is 9.00. The summed E-state index contributed by atoms with van der Waals surface area (Å²) in [5.41, 5.74) is 1.48. The predicted octanol–water partition coefficient (Wildman–Crippen LogP) is 0.662. The monoisotopic (exact) mass is 392 g/mol. The minimum atomic E-state index is -0.898. The molecule has 0 aliphatic carbocycles. The van der Waals surface area contributed by atoms with Crippen LogP contribution in [0, 0.1) is 6.92 Å². The molecule has 0 aliphatic rings. The Bertz CT molecular complexity index is 858. The molecule has 27 heavy (non-hydrogen) atoms. The molecule has 1 amide bonds. The fourth-order valence-corrected chi connectivity index (χ4v) is 3.07. The number of aromatic nitrogens is 1. The summed E-state index contributed by atoms with van der Waals surface area (Å²) in [7, 11) is 1.23. The van der Waals surface area contributed by atoms with Gasteiger partial charge in [0.2, 0.25) is 0 Å². The van der Waals surface area contributed by atoms with Crippen LogP contribution in [0.2, 0.25) is 0 Å². The van der Waals surface area contributed by atoms with Gasteiger partial charge in [-0.2, -0.15) is 0 Å². The smallest absolute Gasteiger partial charge is 0.328 e. The molecule has 0 aliphatic heterocycles. The van der Waals surface area contributed by atoms with Crippen molar-refractivity contribution in [3.63, 3.8) is 0 Å². The van der Waals surface area contributed by atoms with Crippen molar-refractivity contribution in [2.45, 2.75) is 25.9 Å². The molecular formula is C18H20N2O6S. The lowest BCUT2D eigenvalue weighted by molar-refractivity contribution is -0.150. The highest BCUT2D eigenvalue weighted by molar-refractivity contribution is 7.07. The predicted molar refractivity (Wildman–Crippen MR) is 98.4 cm³/mol. The quantitative estimate of drug-likeness (QED) is 0.662. The third kappa shape index (κ3) is 6.07. The van der Waals surface area contributed by atoms with Crippen molar-refractivity contribution in [1.29, 1.82) is 0 Å². The summed E-state index contributed by atoms with van der Waals surface area (Å²) >= 11 is 0.981. The van der Waals surface area contributed by atoms with Gasteiger partial charge < -0.3 is 14.8 Å². The third-order valence-electron chi connectivity index (χ3n) is 3.73. The maximum Gasteiger partial charge on any atom is 0.328 e. The molecule has 0 saturated carbocycles. The Balaban J connectivity index is 1.88. The number of ether oxygens (including phenoxy) is 2. The molecule has 2 rings (SSSR count). The van der Waals surface area contributed by atoms with Gasteiger partial charge >= 0.3 is 16.8 Å². The van der Waals surface area contributed by atoms with Crippen LogP contribution in [-0.2, 0) is 36.8 Å². The fourth-order valence-electron chi connectivity index (χ4n) is 2.34. The second kappa shape index (κ2) is 9.67. The number of nitrogens with zero attached hydrogens (tertiary/aromatic N) is 1.